The van der Waals surface area contributed by atoms with E-state index < -0.39 is 12.0 Å². The number of carbonyl (C=O) groups is 1. The van der Waals surface area contributed by atoms with E-state index in [0.29, 0.717) is 49.9 Å². The van der Waals surface area contributed by atoms with Gasteiger partial charge in [-0.25, -0.2) is 9.79 Å². The highest BCUT2D eigenvalue weighted by Crippen LogP contribution is 2.36. The summed E-state index contributed by atoms with van der Waals surface area (Å²) < 4.78 is 20.1. The Bertz CT molecular complexity index is 1750. The Morgan fingerprint density at radius 2 is 1.97 bits per heavy atom. The van der Waals surface area contributed by atoms with Crippen LogP contribution >= 0.6 is 27.3 Å². The van der Waals surface area contributed by atoms with Crippen molar-refractivity contribution in [1.29, 1.82) is 0 Å². The second-order valence-electron chi connectivity index (χ2n) is 8.87. The van der Waals surface area contributed by atoms with E-state index in [1.807, 2.05) is 67.6 Å². The van der Waals surface area contributed by atoms with E-state index in [4.69, 9.17) is 18.9 Å². The third kappa shape index (κ3) is 5.29. The second kappa shape index (κ2) is 11.6. The van der Waals surface area contributed by atoms with E-state index in [0.717, 1.165) is 16.5 Å². The van der Waals surface area contributed by atoms with Crippen LogP contribution < -0.4 is 19.6 Å². The van der Waals surface area contributed by atoms with Gasteiger partial charge in [-0.2, -0.15) is 0 Å². The number of nitrogens with zero attached hydrogens (tertiary/aromatic N) is 2. The number of carbonyl (C=O) groups excluding carboxylic acids is 1. The number of halogens is 1. The molecule has 9 heteroatoms. The Morgan fingerprint density at radius 1 is 1.15 bits per heavy atom. The fraction of sp³-hybridized carbons (Fsp3) is 0.233. The van der Waals surface area contributed by atoms with Crippen LogP contribution in [-0.4, -0.2) is 24.3 Å². The Balaban J connectivity index is 1.70. The van der Waals surface area contributed by atoms with Gasteiger partial charge in [0, 0.05) is 21.7 Å². The van der Waals surface area contributed by atoms with Gasteiger partial charge in [0.2, 0.25) is 0 Å². The lowest BCUT2D eigenvalue weighted by molar-refractivity contribution is -0.139. The highest BCUT2D eigenvalue weighted by molar-refractivity contribution is 9.10. The SMILES string of the molecule is CCCC1=C(C(=O)OCC)C(c2ccccc2OC)n2c(s/c(=C\c3ccc(-c4cccc(Br)c4)o3)c2=O)=N1. The van der Waals surface area contributed by atoms with E-state index in [1.165, 1.54) is 11.3 Å². The average molecular weight is 608 g/mol. The molecule has 1 aliphatic rings. The van der Waals surface area contributed by atoms with Crippen molar-refractivity contribution in [2.75, 3.05) is 13.7 Å². The third-order valence-electron chi connectivity index (χ3n) is 6.33. The van der Waals surface area contributed by atoms with Crippen LogP contribution in [0.4, 0.5) is 0 Å². The van der Waals surface area contributed by atoms with E-state index >= 15 is 0 Å². The number of benzene rings is 2. The summed E-state index contributed by atoms with van der Waals surface area (Å²) in [6.07, 6.45) is 3.07. The standard InChI is InChI=1S/C30H27BrN2O5S/c1-4-9-22-26(29(35)37-5-2)27(21-12-6-7-13-24(21)36-3)33-28(34)25(39-30(33)32-22)17-20-14-15-23(38-20)18-10-8-11-19(31)16-18/h6-8,10-17,27H,4-5,9H2,1-3H3/b25-17-. The summed E-state index contributed by atoms with van der Waals surface area (Å²) in [5, 5.41) is 0. The van der Waals surface area contributed by atoms with Crippen molar-refractivity contribution in [3.63, 3.8) is 0 Å². The number of ether oxygens (including phenoxy) is 2. The van der Waals surface area contributed by atoms with E-state index in [1.54, 1.807) is 24.7 Å². The molecule has 2 aromatic heterocycles. The van der Waals surface area contributed by atoms with Gasteiger partial charge in [-0.3, -0.25) is 9.36 Å². The number of aromatic nitrogens is 1. The van der Waals surface area contributed by atoms with E-state index in [-0.39, 0.29) is 12.2 Å². The summed E-state index contributed by atoms with van der Waals surface area (Å²) in [6.45, 7) is 4.00. The molecule has 0 fully saturated rings. The maximum absolute atomic E-state index is 13.9. The largest absolute Gasteiger partial charge is 0.496 e. The van der Waals surface area contributed by atoms with Crippen molar-refractivity contribution < 1.29 is 18.7 Å². The van der Waals surface area contributed by atoms with Gasteiger partial charge in [0.05, 0.1) is 29.5 Å². The number of thiazole rings is 1. The number of esters is 1. The zero-order chi connectivity index (χ0) is 27.5. The molecule has 7 nitrogen and oxygen atoms in total. The van der Waals surface area contributed by atoms with Gasteiger partial charge < -0.3 is 13.9 Å². The Morgan fingerprint density at radius 3 is 2.72 bits per heavy atom. The number of allylic oxidation sites excluding steroid dienone is 1. The first-order valence-corrected chi connectivity index (χ1v) is 14.3. The zero-order valence-electron chi connectivity index (χ0n) is 21.8. The van der Waals surface area contributed by atoms with Crippen molar-refractivity contribution in [3.05, 3.63) is 107 Å². The van der Waals surface area contributed by atoms with Crippen molar-refractivity contribution in [3.8, 4) is 17.1 Å². The zero-order valence-corrected chi connectivity index (χ0v) is 24.2. The second-order valence-corrected chi connectivity index (χ2v) is 10.8. The molecule has 5 rings (SSSR count). The monoisotopic (exact) mass is 606 g/mol. The summed E-state index contributed by atoms with van der Waals surface area (Å²) in [7, 11) is 1.57. The molecule has 0 radical (unpaired) electrons. The van der Waals surface area contributed by atoms with Crippen LogP contribution in [0, 0.1) is 0 Å². The molecule has 1 aliphatic heterocycles. The topological polar surface area (TPSA) is 83.0 Å². The summed E-state index contributed by atoms with van der Waals surface area (Å²) in [4.78, 5) is 32.6. The smallest absolute Gasteiger partial charge is 0.338 e. The first-order valence-electron chi connectivity index (χ1n) is 12.7. The predicted octanol–water partition coefficient (Wildman–Crippen LogP) is 5.61. The predicted molar refractivity (Wildman–Crippen MR) is 154 cm³/mol. The third-order valence-corrected chi connectivity index (χ3v) is 7.81. The van der Waals surface area contributed by atoms with Gasteiger partial charge in [-0.1, -0.05) is 70.9 Å². The summed E-state index contributed by atoms with van der Waals surface area (Å²) in [5.74, 6) is 1.32. The molecular formula is C30H27BrN2O5S. The van der Waals surface area contributed by atoms with Crippen LogP contribution in [0.3, 0.4) is 0 Å². The number of para-hydroxylation sites is 1. The summed E-state index contributed by atoms with van der Waals surface area (Å²) >= 11 is 4.76. The molecule has 0 N–H and O–H groups in total. The molecule has 3 heterocycles. The number of hydrogen-bond donors (Lipinski definition) is 0. The highest BCUT2D eigenvalue weighted by Gasteiger charge is 2.35. The fourth-order valence-corrected chi connectivity index (χ4v) is 6.06. The number of furan rings is 1. The Hall–Kier alpha value is -3.69. The lowest BCUT2D eigenvalue weighted by Gasteiger charge is -2.26. The molecule has 1 atom stereocenters. The van der Waals surface area contributed by atoms with Crippen molar-refractivity contribution in [1.82, 2.24) is 4.57 Å². The van der Waals surface area contributed by atoms with Crippen molar-refractivity contribution >= 4 is 39.3 Å². The maximum atomic E-state index is 13.9. The van der Waals surface area contributed by atoms with Crippen molar-refractivity contribution in [2.24, 2.45) is 4.99 Å². The van der Waals surface area contributed by atoms with Gasteiger partial charge in [-0.05, 0) is 43.7 Å². The average Bonchev–Trinajstić information content (AvgIpc) is 3.52. The number of rotatable bonds is 8. The molecule has 0 bridgehead atoms. The number of hydrogen-bond acceptors (Lipinski definition) is 7. The van der Waals surface area contributed by atoms with Crippen molar-refractivity contribution in [2.45, 2.75) is 32.7 Å². The fourth-order valence-electron chi connectivity index (χ4n) is 4.66. The molecule has 0 saturated carbocycles. The normalized spacial score (nSPS) is 15.2. The molecule has 0 spiro atoms. The van der Waals surface area contributed by atoms with Crippen LogP contribution in [0.15, 0.2) is 90.6 Å². The Labute approximate surface area is 237 Å². The number of methoxy groups -OCH3 is 1. The highest BCUT2D eigenvalue weighted by atomic mass is 79.9. The minimum Gasteiger partial charge on any atom is -0.496 e. The quantitative estimate of drug-likeness (QED) is 0.243. The summed E-state index contributed by atoms with van der Waals surface area (Å²) in [6, 6.07) is 18.2. The minimum atomic E-state index is -0.742. The van der Waals surface area contributed by atoms with Gasteiger partial charge >= 0.3 is 5.97 Å². The lowest BCUT2D eigenvalue weighted by Crippen LogP contribution is -2.40. The van der Waals surface area contributed by atoms with Crippen LogP contribution in [0.2, 0.25) is 0 Å². The van der Waals surface area contributed by atoms with Crippen LogP contribution in [0.25, 0.3) is 17.4 Å². The first-order chi connectivity index (χ1) is 18.9. The van der Waals surface area contributed by atoms with Gasteiger partial charge in [0.25, 0.3) is 5.56 Å². The van der Waals surface area contributed by atoms with Crippen LogP contribution in [-0.2, 0) is 9.53 Å². The van der Waals surface area contributed by atoms with Gasteiger partial charge in [-0.15, -0.1) is 0 Å². The maximum Gasteiger partial charge on any atom is 0.338 e. The first kappa shape index (κ1) is 26.9. The van der Waals surface area contributed by atoms with E-state index in [2.05, 4.69) is 15.9 Å². The molecule has 0 aliphatic carbocycles. The molecule has 0 amide bonds. The minimum absolute atomic E-state index is 0.212. The summed E-state index contributed by atoms with van der Waals surface area (Å²) in [5.41, 5.74) is 2.32. The molecular weight excluding hydrogens is 580 g/mol. The molecule has 39 heavy (non-hydrogen) atoms. The van der Waals surface area contributed by atoms with Crippen LogP contribution in [0.5, 0.6) is 5.75 Å². The van der Waals surface area contributed by atoms with E-state index in [9.17, 15) is 9.59 Å². The molecule has 0 saturated heterocycles. The van der Waals surface area contributed by atoms with Gasteiger partial charge in [0.1, 0.15) is 23.3 Å². The van der Waals surface area contributed by atoms with Gasteiger partial charge in [0.15, 0.2) is 4.80 Å². The Kier molecular flexibility index (Phi) is 7.99. The van der Waals surface area contributed by atoms with Crippen LogP contribution in [0.1, 0.15) is 44.1 Å². The molecule has 2 aromatic carbocycles. The lowest BCUT2D eigenvalue weighted by atomic mass is 9.93. The number of fused-ring (bicyclic) bond motifs is 1. The molecule has 200 valence electrons. The molecule has 4 aromatic rings. The molecule has 1 unspecified atom stereocenters.